The predicted molar refractivity (Wildman–Crippen MR) is 99.9 cm³/mol. The highest BCUT2D eigenvalue weighted by Crippen LogP contribution is 2.36. The molecule has 0 spiro atoms. The van der Waals surface area contributed by atoms with Gasteiger partial charge in [0.15, 0.2) is 8.32 Å². The van der Waals surface area contributed by atoms with Crippen molar-refractivity contribution < 1.29 is 4.43 Å². The lowest BCUT2D eigenvalue weighted by atomic mass is 10.2. The molecule has 5 heteroatoms. The Balaban J connectivity index is 2.01. The van der Waals surface area contributed by atoms with Crippen LogP contribution in [0.5, 0.6) is 0 Å². The van der Waals surface area contributed by atoms with Gasteiger partial charge in [-0.2, -0.15) is 0 Å². The summed E-state index contributed by atoms with van der Waals surface area (Å²) in [7, 11) is -1.64. The minimum absolute atomic E-state index is 0.273. The standard InChI is InChI=1S/C17H27BrN2OSi/c1-13-19-15-9-8-14(18)12-16(15)20(13)10-7-11-21-22(5,6)17(2,3)4/h8-9,12H,7,10-11H2,1-6H3. The molecule has 1 aromatic carbocycles. The van der Waals surface area contributed by atoms with E-state index in [0.717, 1.165) is 35.4 Å². The summed E-state index contributed by atoms with van der Waals surface area (Å²) in [6, 6.07) is 6.25. The Morgan fingerprint density at radius 2 is 1.95 bits per heavy atom. The van der Waals surface area contributed by atoms with Crippen molar-refractivity contribution in [3.05, 3.63) is 28.5 Å². The van der Waals surface area contributed by atoms with Gasteiger partial charge in [-0.25, -0.2) is 4.98 Å². The second kappa shape index (κ2) is 6.46. The fourth-order valence-electron chi connectivity index (χ4n) is 2.27. The van der Waals surface area contributed by atoms with Crippen molar-refractivity contribution >= 4 is 35.3 Å². The third-order valence-corrected chi connectivity index (χ3v) is 9.73. The van der Waals surface area contributed by atoms with E-state index in [9.17, 15) is 0 Å². The smallest absolute Gasteiger partial charge is 0.191 e. The van der Waals surface area contributed by atoms with Crippen molar-refractivity contribution in [2.45, 2.75) is 58.8 Å². The van der Waals surface area contributed by atoms with Crippen molar-refractivity contribution in [1.29, 1.82) is 0 Å². The summed E-state index contributed by atoms with van der Waals surface area (Å²) < 4.78 is 9.65. The molecule has 0 unspecified atom stereocenters. The molecule has 2 rings (SSSR count). The van der Waals surface area contributed by atoms with Crippen LogP contribution in [0.2, 0.25) is 18.1 Å². The summed E-state index contributed by atoms with van der Waals surface area (Å²) in [6.07, 6.45) is 1.02. The molecule has 0 amide bonds. The Bertz CT molecular complexity index is 658. The number of aromatic nitrogens is 2. The maximum atomic E-state index is 6.26. The molecule has 0 atom stereocenters. The van der Waals surface area contributed by atoms with E-state index in [1.165, 1.54) is 5.52 Å². The van der Waals surface area contributed by atoms with Crippen LogP contribution in [0.15, 0.2) is 22.7 Å². The second-order valence-corrected chi connectivity index (χ2v) is 13.1. The minimum atomic E-state index is -1.64. The normalized spacial score (nSPS) is 13.0. The molecule has 0 saturated carbocycles. The molecule has 1 heterocycles. The van der Waals surface area contributed by atoms with Gasteiger partial charge < -0.3 is 8.99 Å². The zero-order valence-electron chi connectivity index (χ0n) is 14.5. The first-order valence-electron chi connectivity index (χ1n) is 7.88. The summed E-state index contributed by atoms with van der Waals surface area (Å²) >= 11 is 3.55. The third kappa shape index (κ3) is 3.81. The van der Waals surface area contributed by atoms with Gasteiger partial charge in [0.1, 0.15) is 5.82 Å². The van der Waals surface area contributed by atoms with Crippen LogP contribution < -0.4 is 0 Å². The molecule has 0 radical (unpaired) electrons. The van der Waals surface area contributed by atoms with Gasteiger partial charge in [0, 0.05) is 17.6 Å². The number of hydrogen-bond donors (Lipinski definition) is 0. The van der Waals surface area contributed by atoms with Gasteiger partial charge in [-0.3, -0.25) is 0 Å². The molecular weight excluding hydrogens is 356 g/mol. The van der Waals surface area contributed by atoms with E-state index in [2.05, 4.69) is 78.4 Å². The van der Waals surface area contributed by atoms with Gasteiger partial charge in [-0.15, -0.1) is 0 Å². The van der Waals surface area contributed by atoms with Crippen molar-refractivity contribution in [3.63, 3.8) is 0 Å². The first-order chi connectivity index (χ1) is 10.1. The van der Waals surface area contributed by atoms with Gasteiger partial charge in [-0.05, 0) is 49.7 Å². The van der Waals surface area contributed by atoms with Crippen LogP contribution in [0.4, 0.5) is 0 Å². The Labute approximate surface area is 143 Å². The number of hydrogen-bond acceptors (Lipinski definition) is 2. The maximum Gasteiger partial charge on any atom is 0.191 e. The van der Waals surface area contributed by atoms with E-state index in [4.69, 9.17) is 4.43 Å². The SMILES string of the molecule is Cc1nc2ccc(Br)cc2n1CCCO[Si](C)(C)C(C)(C)C. The first kappa shape index (κ1) is 17.7. The molecule has 0 fully saturated rings. The summed E-state index contributed by atoms with van der Waals surface area (Å²) in [5, 5.41) is 0.273. The molecule has 22 heavy (non-hydrogen) atoms. The van der Waals surface area contributed by atoms with Gasteiger partial charge in [-0.1, -0.05) is 36.7 Å². The van der Waals surface area contributed by atoms with Crippen LogP contribution in [0.3, 0.4) is 0 Å². The fraction of sp³-hybridized carbons (Fsp3) is 0.588. The first-order valence-corrected chi connectivity index (χ1v) is 11.6. The van der Waals surface area contributed by atoms with E-state index in [-0.39, 0.29) is 5.04 Å². The van der Waals surface area contributed by atoms with Crippen LogP contribution >= 0.6 is 15.9 Å². The molecule has 2 aromatic rings. The number of rotatable bonds is 5. The van der Waals surface area contributed by atoms with Crippen molar-refractivity contribution in [2.24, 2.45) is 0 Å². The number of fused-ring (bicyclic) bond motifs is 1. The molecule has 0 bridgehead atoms. The van der Waals surface area contributed by atoms with Crippen LogP contribution in [0, 0.1) is 6.92 Å². The molecule has 0 aliphatic rings. The van der Waals surface area contributed by atoms with Crippen LogP contribution in [-0.4, -0.2) is 24.5 Å². The molecular formula is C17H27BrN2OSi. The van der Waals surface area contributed by atoms with Crippen LogP contribution in [0.25, 0.3) is 11.0 Å². The molecule has 0 saturated heterocycles. The lowest BCUT2D eigenvalue weighted by molar-refractivity contribution is 0.275. The summed E-state index contributed by atoms with van der Waals surface area (Å²) in [4.78, 5) is 4.63. The highest BCUT2D eigenvalue weighted by Gasteiger charge is 2.36. The third-order valence-electron chi connectivity index (χ3n) is 4.70. The van der Waals surface area contributed by atoms with E-state index in [1.807, 2.05) is 6.07 Å². The molecule has 0 N–H and O–H groups in total. The molecule has 122 valence electrons. The average molecular weight is 383 g/mol. The summed E-state index contributed by atoms with van der Waals surface area (Å²) in [5.41, 5.74) is 2.25. The Kier molecular flexibility index (Phi) is 5.19. The highest BCUT2D eigenvalue weighted by atomic mass is 79.9. The van der Waals surface area contributed by atoms with Gasteiger partial charge >= 0.3 is 0 Å². The van der Waals surface area contributed by atoms with Crippen LogP contribution in [-0.2, 0) is 11.0 Å². The number of imidazole rings is 1. The quantitative estimate of drug-likeness (QED) is 0.502. The van der Waals surface area contributed by atoms with E-state index >= 15 is 0 Å². The zero-order valence-corrected chi connectivity index (χ0v) is 17.1. The Morgan fingerprint density at radius 3 is 2.59 bits per heavy atom. The topological polar surface area (TPSA) is 27.1 Å². The number of halogens is 1. The van der Waals surface area contributed by atoms with E-state index < -0.39 is 8.32 Å². The predicted octanol–water partition coefficient (Wildman–Crippen LogP) is 5.52. The number of nitrogens with zero attached hydrogens (tertiary/aromatic N) is 2. The minimum Gasteiger partial charge on any atom is -0.417 e. The molecule has 0 aliphatic carbocycles. The number of aryl methyl sites for hydroxylation is 2. The van der Waals surface area contributed by atoms with Gasteiger partial charge in [0.2, 0.25) is 0 Å². The largest absolute Gasteiger partial charge is 0.417 e. The summed E-state index contributed by atoms with van der Waals surface area (Å²) in [5.74, 6) is 1.07. The van der Waals surface area contributed by atoms with Gasteiger partial charge in [0.05, 0.1) is 11.0 Å². The Morgan fingerprint density at radius 1 is 1.27 bits per heavy atom. The van der Waals surface area contributed by atoms with E-state index in [1.54, 1.807) is 0 Å². The lowest BCUT2D eigenvalue weighted by Crippen LogP contribution is -2.41. The molecule has 0 aliphatic heterocycles. The van der Waals surface area contributed by atoms with Crippen LogP contribution in [0.1, 0.15) is 33.0 Å². The number of benzene rings is 1. The lowest BCUT2D eigenvalue weighted by Gasteiger charge is -2.36. The Hall–Kier alpha value is -0.653. The van der Waals surface area contributed by atoms with Crippen molar-refractivity contribution in [2.75, 3.05) is 6.61 Å². The zero-order chi connectivity index (χ0) is 16.5. The second-order valence-electron chi connectivity index (χ2n) is 7.41. The highest BCUT2D eigenvalue weighted by molar-refractivity contribution is 9.10. The average Bonchev–Trinajstić information content (AvgIpc) is 2.69. The van der Waals surface area contributed by atoms with E-state index in [0.29, 0.717) is 0 Å². The van der Waals surface area contributed by atoms with Gasteiger partial charge in [0.25, 0.3) is 0 Å². The van der Waals surface area contributed by atoms with Crippen molar-refractivity contribution in [3.8, 4) is 0 Å². The van der Waals surface area contributed by atoms with Crippen molar-refractivity contribution in [1.82, 2.24) is 9.55 Å². The summed E-state index contributed by atoms with van der Waals surface area (Å²) in [6.45, 7) is 15.3. The molecule has 1 aromatic heterocycles. The fourth-order valence-corrected chi connectivity index (χ4v) is 3.70. The maximum absolute atomic E-state index is 6.26. The molecule has 3 nitrogen and oxygen atoms in total. The monoisotopic (exact) mass is 382 g/mol.